The Morgan fingerprint density at radius 3 is 2.42 bits per heavy atom. The quantitative estimate of drug-likeness (QED) is 0.895. The molecule has 0 bridgehead atoms. The molecule has 19 heavy (non-hydrogen) atoms. The maximum Gasteiger partial charge on any atom is 0.279 e. The standard InChI is InChI=1S/C14H22N2O2S/c1-2-15-19(17,18)16-10-8-14(9-11-16)12-13-6-4-3-5-7-13/h3-7,14-15H,2,8-12H2,1H3. The Kier molecular flexibility index (Phi) is 4.96. The lowest BCUT2D eigenvalue weighted by Crippen LogP contribution is -2.45. The maximum absolute atomic E-state index is 11.9. The van der Waals surface area contributed by atoms with Crippen molar-refractivity contribution in [3.63, 3.8) is 0 Å². The third-order valence-corrected chi connectivity index (χ3v) is 5.31. The van der Waals surface area contributed by atoms with E-state index in [1.54, 1.807) is 11.2 Å². The molecule has 1 aromatic rings. The fourth-order valence-electron chi connectivity index (χ4n) is 2.57. The summed E-state index contributed by atoms with van der Waals surface area (Å²) < 4.78 is 27.9. The van der Waals surface area contributed by atoms with Gasteiger partial charge in [-0.1, -0.05) is 37.3 Å². The average Bonchev–Trinajstić information content (AvgIpc) is 2.40. The largest absolute Gasteiger partial charge is 0.279 e. The predicted molar refractivity (Wildman–Crippen MR) is 77.0 cm³/mol. The van der Waals surface area contributed by atoms with E-state index in [2.05, 4.69) is 29.0 Å². The van der Waals surface area contributed by atoms with Gasteiger partial charge in [0.05, 0.1) is 0 Å². The summed E-state index contributed by atoms with van der Waals surface area (Å²) in [5.41, 5.74) is 1.34. The van der Waals surface area contributed by atoms with Gasteiger partial charge in [0, 0.05) is 19.6 Å². The van der Waals surface area contributed by atoms with Crippen LogP contribution in [0.3, 0.4) is 0 Å². The highest BCUT2D eigenvalue weighted by atomic mass is 32.2. The van der Waals surface area contributed by atoms with E-state index in [-0.39, 0.29) is 0 Å². The zero-order valence-corrected chi connectivity index (χ0v) is 12.2. The smallest absolute Gasteiger partial charge is 0.202 e. The summed E-state index contributed by atoms with van der Waals surface area (Å²) in [5, 5.41) is 0. The Morgan fingerprint density at radius 2 is 1.84 bits per heavy atom. The van der Waals surface area contributed by atoms with E-state index in [4.69, 9.17) is 0 Å². The SMILES string of the molecule is CCNS(=O)(=O)N1CCC(Cc2ccccc2)CC1. The molecule has 1 fully saturated rings. The fraction of sp³-hybridized carbons (Fsp3) is 0.571. The van der Waals surface area contributed by atoms with Gasteiger partial charge in [-0.3, -0.25) is 0 Å². The molecule has 0 atom stereocenters. The molecule has 1 aromatic carbocycles. The first-order valence-electron chi connectivity index (χ1n) is 6.90. The number of hydrogen-bond donors (Lipinski definition) is 1. The average molecular weight is 282 g/mol. The first kappa shape index (κ1) is 14.5. The predicted octanol–water partition coefficient (Wildman–Crippen LogP) is 1.80. The minimum absolute atomic E-state index is 0.451. The zero-order chi connectivity index (χ0) is 13.7. The van der Waals surface area contributed by atoms with Crippen LogP contribution in [0.2, 0.25) is 0 Å². The molecule has 4 nitrogen and oxygen atoms in total. The zero-order valence-electron chi connectivity index (χ0n) is 11.4. The normalized spacial score (nSPS) is 18.6. The Labute approximate surface area is 116 Å². The highest BCUT2D eigenvalue weighted by Gasteiger charge is 2.27. The summed E-state index contributed by atoms with van der Waals surface area (Å²) in [5.74, 6) is 0.593. The second kappa shape index (κ2) is 6.50. The molecular formula is C14H22N2O2S. The van der Waals surface area contributed by atoms with E-state index < -0.39 is 10.2 Å². The first-order valence-corrected chi connectivity index (χ1v) is 8.34. The van der Waals surface area contributed by atoms with E-state index in [1.165, 1.54) is 5.56 Å². The van der Waals surface area contributed by atoms with Gasteiger partial charge in [0.1, 0.15) is 0 Å². The number of benzene rings is 1. The van der Waals surface area contributed by atoms with Gasteiger partial charge in [-0.05, 0) is 30.7 Å². The summed E-state index contributed by atoms with van der Waals surface area (Å²) in [6, 6.07) is 10.4. The highest BCUT2D eigenvalue weighted by Crippen LogP contribution is 2.22. The van der Waals surface area contributed by atoms with Crippen LogP contribution in [0.1, 0.15) is 25.3 Å². The first-order chi connectivity index (χ1) is 9.12. The van der Waals surface area contributed by atoms with Crippen LogP contribution in [-0.4, -0.2) is 32.4 Å². The van der Waals surface area contributed by atoms with Crippen molar-refractivity contribution in [2.75, 3.05) is 19.6 Å². The lowest BCUT2D eigenvalue weighted by molar-refractivity contribution is 0.270. The van der Waals surface area contributed by atoms with Crippen LogP contribution < -0.4 is 4.72 Å². The van der Waals surface area contributed by atoms with Gasteiger partial charge in [-0.2, -0.15) is 12.7 Å². The molecular weight excluding hydrogens is 260 g/mol. The van der Waals surface area contributed by atoms with Crippen molar-refractivity contribution in [1.29, 1.82) is 0 Å². The highest BCUT2D eigenvalue weighted by molar-refractivity contribution is 7.87. The summed E-state index contributed by atoms with van der Waals surface area (Å²) in [6.07, 6.45) is 2.94. The van der Waals surface area contributed by atoms with Crippen LogP contribution in [0, 0.1) is 5.92 Å². The van der Waals surface area contributed by atoms with Crippen molar-refractivity contribution in [3.05, 3.63) is 35.9 Å². The molecule has 1 aliphatic heterocycles. The Morgan fingerprint density at radius 1 is 1.21 bits per heavy atom. The minimum atomic E-state index is -3.25. The molecule has 1 aliphatic rings. The lowest BCUT2D eigenvalue weighted by Gasteiger charge is -2.31. The van der Waals surface area contributed by atoms with Gasteiger partial charge < -0.3 is 0 Å². The molecule has 0 spiro atoms. The second-order valence-corrected chi connectivity index (χ2v) is 6.79. The van der Waals surface area contributed by atoms with Crippen molar-refractivity contribution in [2.45, 2.75) is 26.2 Å². The van der Waals surface area contributed by atoms with Crippen LogP contribution in [0.15, 0.2) is 30.3 Å². The number of nitrogens with one attached hydrogen (secondary N) is 1. The molecule has 0 aromatic heterocycles. The number of piperidine rings is 1. The van der Waals surface area contributed by atoms with E-state index in [0.29, 0.717) is 25.6 Å². The van der Waals surface area contributed by atoms with Gasteiger partial charge in [0.15, 0.2) is 0 Å². The number of hydrogen-bond acceptors (Lipinski definition) is 2. The van der Waals surface area contributed by atoms with Crippen LogP contribution >= 0.6 is 0 Å². The van der Waals surface area contributed by atoms with Crippen LogP contribution in [0.4, 0.5) is 0 Å². The molecule has 2 rings (SSSR count). The molecule has 5 heteroatoms. The summed E-state index contributed by atoms with van der Waals surface area (Å²) in [4.78, 5) is 0. The lowest BCUT2D eigenvalue weighted by atomic mass is 9.91. The van der Waals surface area contributed by atoms with Crippen molar-refractivity contribution < 1.29 is 8.42 Å². The van der Waals surface area contributed by atoms with Crippen molar-refractivity contribution >= 4 is 10.2 Å². The maximum atomic E-state index is 11.9. The second-order valence-electron chi connectivity index (χ2n) is 5.04. The van der Waals surface area contributed by atoms with E-state index >= 15 is 0 Å². The fourth-order valence-corrected chi connectivity index (χ4v) is 3.81. The Bertz CT molecular complexity index is 479. The van der Waals surface area contributed by atoms with Crippen LogP contribution in [-0.2, 0) is 16.6 Å². The van der Waals surface area contributed by atoms with E-state index in [1.807, 2.05) is 6.07 Å². The Hall–Kier alpha value is -0.910. The van der Waals surface area contributed by atoms with Crippen LogP contribution in [0.5, 0.6) is 0 Å². The van der Waals surface area contributed by atoms with E-state index in [0.717, 1.165) is 19.3 Å². The van der Waals surface area contributed by atoms with Gasteiger partial charge in [0.25, 0.3) is 10.2 Å². The molecule has 106 valence electrons. The third-order valence-electron chi connectivity index (χ3n) is 3.61. The van der Waals surface area contributed by atoms with Crippen molar-refractivity contribution in [2.24, 2.45) is 5.92 Å². The minimum Gasteiger partial charge on any atom is -0.202 e. The molecule has 0 radical (unpaired) electrons. The Balaban J connectivity index is 1.86. The van der Waals surface area contributed by atoms with Gasteiger partial charge >= 0.3 is 0 Å². The number of nitrogens with zero attached hydrogens (tertiary/aromatic N) is 1. The topological polar surface area (TPSA) is 49.4 Å². The molecule has 1 heterocycles. The molecule has 1 N–H and O–H groups in total. The molecule has 1 saturated heterocycles. The van der Waals surface area contributed by atoms with Gasteiger partial charge in [-0.25, -0.2) is 4.72 Å². The monoisotopic (exact) mass is 282 g/mol. The molecule has 0 saturated carbocycles. The van der Waals surface area contributed by atoms with Gasteiger partial charge in [0.2, 0.25) is 0 Å². The van der Waals surface area contributed by atoms with Crippen LogP contribution in [0.25, 0.3) is 0 Å². The molecule has 0 amide bonds. The van der Waals surface area contributed by atoms with Crippen molar-refractivity contribution in [3.8, 4) is 0 Å². The van der Waals surface area contributed by atoms with Crippen molar-refractivity contribution in [1.82, 2.24) is 9.03 Å². The number of rotatable bonds is 5. The third kappa shape index (κ3) is 4.03. The van der Waals surface area contributed by atoms with Gasteiger partial charge in [-0.15, -0.1) is 0 Å². The molecule has 0 unspecified atom stereocenters. The molecule has 0 aliphatic carbocycles. The summed E-state index contributed by atoms with van der Waals surface area (Å²) in [6.45, 7) is 3.52. The summed E-state index contributed by atoms with van der Waals surface area (Å²) in [7, 11) is -3.25. The summed E-state index contributed by atoms with van der Waals surface area (Å²) >= 11 is 0. The van der Waals surface area contributed by atoms with E-state index in [9.17, 15) is 8.42 Å².